The lowest BCUT2D eigenvalue weighted by Gasteiger charge is -2.25. The fourth-order valence-electron chi connectivity index (χ4n) is 1.84. The van der Waals surface area contributed by atoms with Crippen LogP contribution in [0.5, 0.6) is 0 Å². The summed E-state index contributed by atoms with van der Waals surface area (Å²) in [5, 5.41) is 3.54. The molecule has 3 nitrogen and oxygen atoms in total. The van der Waals surface area contributed by atoms with Crippen molar-refractivity contribution in [2.24, 2.45) is 5.92 Å². The molecule has 0 saturated carbocycles. The summed E-state index contributed by atoms with van der Waals surface area (Å²) in [6.07, 6.45) is 5.05. The zero-order valence-electron chi connectivity index (χ0n) is 13.3. The first kappa shape index (κ1) is 16.0. The van der Waals surface area contributed by atoms with Crippen LogP contribution < -0.4 is 10.2 Å². The molecule has 108 valence electrons. The van der Waals surface area contributed by atoms with E-state index in [4.69, 9.17) is 0 Å². The second kappa shape index (κ2) is 6.90. The minimum atomic E-state index is 0.136. The van der Waals surface area contributed by atoms with Crippen molar-refractivity contribution >= 4 is 5.69 Å². The van der Waals surface area contributed by atoms with Gasteiger partial charge in [-0.15, -0.1) is 0 Å². The van der Waals surface area contributed by atoms with Gasteiger partial charge in [-0.1, -0.05) is 13.8 Å². The Morgan fingerprint density at radius 2 is 2.00 bits per heavy atom. The van der Waals surface area contributed by atoms with E-state index >= 15 is 0 Å². The predicted octanol–water partition coefficient (Wildman–Crippen LogP) is 3.45. The summed E-state index contributed by atoms with van der Waals surface area (Å²) >= 11 is 0. The van der Waals surface area contributed by atoms with Gasteiger partial charge in [0.1, 0.15) is 0 Å². The van der Waals surface area contributed by atoms with Gasteiger partial charge in [0.25, 0.3) is 0 Å². The SMILES string of the molecule is CC(C)CCN(C)c1cnccc1CNC(C)(C)C. The first-order valence-corrected chi connectivity index (χ1v) is 7.18. The Labute approximate surface area is 118 Å². The molecular formula is C16H29N3. The summed E-state index contributed by atoms with van der Waals surface area (Å²) in [7, 11) is 2.15. The van der Waals surface area contributed by atoms with Crippen molar-refractivity contribution in [2.75, 3.05) is 18.5 Å². The number of anilines is 1. The van der Waals surface area contributed by atoms with Crippen molar-refractivity contribution in [3.63, 3.8) is 0 Å². The average molecular weight is 263 g/mol. The van der Waals surface area contributed by atoms with Crippen molar-refractivity contribution in [1.82, 2.24) is 10.3 Å². The highest BCUT2D eigenvalue weighted by Gasteiger charge is 2.12. The minimum absolute atomic E-state index is 0.136. The number of nitrogens with zero attached hydrogens (tertiary/aromatic N) is 2. The molecule has 0 amide bonds. The average Bonchev–Trinajstić information content (AvgIpc) is 2.33. The molecule has 0 aliphatic heterocycles. The molecule has 1 rings (SSSR count). The molecule has 0 radical (unpaired) electrons. The number of hydrogen-bond donors (Lipinski definition) is 1. The third-order valence-electron chi connectivity index (χ3n) is 3.15. The monoisotopic (exact) mass is 263 g/mol. The first-order valence-electron chi connectivity index (χ1n) is 7.18. The van der Waals surface area contributed by atoms with Crippen LogP contribution in [0.1, 0.15) is 46.6 Å². The summed E-state index contributed by atoms with van der Waals surface area (Å²) in [5.74, 6) is 0.732. The molecule has 0 aliphatic carbocycles. The van der Waals surface area contributed by atoms with E-state index in [0.717, 1.165) is 19.0 Å². The molecule has 0 atom stereocenters. The molecule has 0 spiro atoms. The quantitative estimate of drug-likeness (QED) is 0.852. The zero-order valence-corrected chi connectivity index (χ0v) is 13.3. The lowest BCUT2D eigenvalue weighted by atomic mass is 10.1. The smallest absolute Gasteiger partial charge is 0.0595 e. The Kier molecular flexibility index (Phi) is 5.80. The molecule has 1 aromatic rings. The number of aromatic nitrogens is 1. The van der Waals surface area contributed by atoms with E-state index in [2.05, 4.69) is 62.9 Å². The highest BCUT2D eigenvalue weighted by Crippen LogP contribution is 2.19. The van der Waals surface area contributed by atoms with Gasteiger partial charge in [-0.05, 0) is 44.7 Å². The molecule has 19 heavy (non-hydrogen) atoms. The molecule has 0 fully saturated rings. The van der Waals surface area contributed by atoms with Crippen LogP contribution >= 0.6 is 0 Å². The third-order valence-corrected chi connectivity index (χ3v) is 3.15. The van der Waals surface area contributed by atoms with Crippen LogP contribution in [0, 0.1) is 5.92 Å². The summed E-state index contributed by atoms with van der Waals surface area (Å²) in [6.45, 7) is 13.1. The van der Waals surface area contributed by atoms with Crippen molar-refractivity contribution in [1.29, 1.82) is 0 Å². The molecule has 0 saturated heterocycles. The van der Waals surface area contributed by atoms with Gasteiger partial charge < -0.3 is 10.2 Å². The summed E-state index contributed by atoms with van der Waals surface area (Å²) in [5.41, 5.74) is 2.69. The molecule has 0 bridgehead atoms. The molecule has 1 aromatic heterocycles. The van der Waals surface area contributed by atoms with Crippen LogP contribution in [-0.4, -0.2) is 24.1 Å². The van der Waals surface area contributed by atoms with Crippen LogP contribution in [0.25, 0.3) is 0 Å². The highest BCUT2D eigenvalue weighted by molar-refractivity contribution is 5.50. The second-order valence-electron chi connectivity index (χ2n) is 6.71. The fraction of sp³-hybridized carbons (Fsp3) is 0.688. The number of rotatable bonds is 6. The standard InChI is InChI=1S/C16H29N3/c1-13(2)8-10-19(6)15-12-17-9-7-14(15)11-18-16(3,4)5/h7,9,12-13,18H,8,10-11H2,1-6H3. The molecule has 1 heterocycles. The Morgan fingerprint density at radius 3 is 2.58 bits per heavy atom. The van der Waals surface area contributed by atoms with Crippen molar-refractivity contribution in [2.45, 2.75) is 53.1 Å². The van der Waals surface area contributed by atoms with E-state index in [1.165, 1.54) is 17.7 Å². The zero-order chi connectivity index (χ0) is 14.5. The fourth-order valence-corrected chi connectivity index (χ4v) is 1.84. The second-order valence-corrected chi connectivity index (χ2v) is 6.71. The van der Waals surface area contributed by atoms with Crippen LogP contribution in [0.15, 0.2) is 18.5 Å². The first-order chi connectivity index (χ1) is 8.79. The van der Waals surface area contributed by atoms with E-state index in [0.29, 0.717) is 0 Å². The highest BCUT2D eigenvalue weighted by atomic mass is 15.1. The predicted molar refractivity (Wildman–Crippen MR) is 83.6 cm³/mol. The largest absolute Gasteiger partial charge is 0.373 e. The molecular weight excluding hydrogens is 234 g/mol. The van der Waals surface area contributed by atoms with Crippen molar-refractivity contribution < 1.29 is 0 Å². The number of nitrogens with one attached hydrogen (secondary N) is 1. The maximum atomic E-state index is 4.27. The minimum Gasteiger partial charge on any atom is -0.373 e. The topological polar surface area (TPSA) is 28.2 Å². The van der Waals surface area contributed by atoms with Gasteiger partial charge in [-0.2, -0.15) is 0 Å². The maximum Gasteiger partial charge on any atom is 0.0595 e. The molecule has 0 aromatic carbocycles. The van der Waals surface area contributed by atoms with Crippen LogP contribution in [-0.2, 0) is 6.54 Å². The number of pyridine rings is 1. The number of hydrogen-bond acceptors (Lipinski definition) is 3. The van der Waals surface area contributed by atoms with Gasteiger partial charge in [-0.3, -0.25) is 4.98 Å². The van der Waals surface area contributed by atoms with Crippen molar-refractivity contribution in [3.8, 4) is 0 Å². The van der Waals surface area contributed by atoms with E-state index in [1.54, 1.807) is 0 Å². The van der Waals surface area contributed by atoms with Crippen LogP contribution in [0.4, 0.5) is 5.69 Å². The molecule has 3 heteroatoms. The van der Waals surface area contributed by atoms with Crippen molar-refractivity contribution in [3.05, 3.63) is 24.0 Å². The van der Waals surface area contributed by atoms with Gasteiger partial charge in [0.15, 0.2) is 0 Å². The Hall–Kier alpha value is -1.09. The summed E-state index contributed by atoms with van der Waals surface area (Å²) in [4.78, 5) is 6.58. The molecule has 1 N–H and O–H groups in total. The van der Waals surface area contributed by atoms with Gasteiger partial charge in [-0.25, -0.2) is 0 Å². The van der Waals surface area contributed by atoms with E-state index < -0.39 is 0 Å². The third kappa shape index (κ3) is 6.06. The lowest BCUT2D eigenvalue weighted by Crippen LogP contribution is -2.35. The Bertz CT molecular complexity index is 380. The van der Waals surface area contributed by atoms with E-state index in [-0.39, 0.29) is 5.54 Å². The summed E-state index contributed by atoms with van der Waals surface area (Å²) < 4.78 is 0. The van der Waals surface area contributed by atoms with Gasteiger partial charge in [0, 0.05) is 31.9 Å². The van der Waals surface area contributed by atoms with Gasteiger partial charge in [0.05, 0.1) is 11.9 Å². The normalized spacial score (nSPS) is 11.9. The maximum absolute atomic E-state index is 4.27. The molecule has 0 unspecified atom stereocenters. The lowest BCUT2D eigenvalue weighted by molar-refractivity contribution is 0.424. The Morgan fingerprint density at radius 1 is 1.32 bits per heavy atom. The van der Waals surface area contributed by atoms with Crippen LogP contribution in [0.3, 0.4) is 0 Å². The van der Waals surface area contributed by atoms with Crippen LogP contribution in [0.2, 0.25) is 0 Å². The van der Waals surface area contributed by atoms with E-state index in [1.807, 2.05) is 12.4 Å². The Balaban J connectivity index is 2.72. The van der Waals surface area contributed by atoms with Gasteiger partial charge in [0.2, 0.25) is 0 Å². The summed E-state index contributed by atoms with van der Waals surface area (Å²) in [6, 6.07) is 2.11. The molecule has 0 aliphatic rings. The van der Waals surface area contributed by atoms with E-state index in [9.17, 15) is 0 Å². The van der Waals surface area contributed by atoms with Gasteiger partial charge >= 0.3 is 0 Å².